The first kappa shape index (κ1) is 15.7. The zero-order chi connectivity index (χ0) is 16.2. The molecule has 1 heterocycles. The van der Waals surface area contributed by atoms with E-state index < -0.39 is 6.10 Å². The lowest BCUT2D eigenvalue weighted by Gasteiger charge is -2.21. The van der Waals surface area contributed by atoms with Crippen LogP contribution in [0.15, 0.2) is 54.6 Å². The number of likely N-dealkylation sites (N-methyl/N-ethyl adjacent to an activating group) is 1. The third kappa shape index (κ3) is 3.78. The molecule has 0 unspecified atom stereocenters. The van der Waals surface area contributed by atoms with Gasteiger partial charge in [-0.1, -0.05) is 42.5 Å². The van der Waals surface area contributed by atoms with Gasteiger partial charge < -0.3 is 9.67 Å². The molecule has 0 saturated heterocycles. The molecule has 0 aliphatic carbocycles. The third-order valence-electron chi connectivity index (χ3n) is 4.06. The summed E-state index contributed by atoms with van der Waals surface area (Å²) in [4.78, 5) is 6.70. The Labute approximate surface area is 137 Å². The van der Waals surface area contributed by atoms with Gasteiger partial charge in [-0.2, -0.15) is 0 Å². The number of para-hydroxylation sites is 2. The van der Waals surface area contributed by atoms with Crippen molar-refractivity contribution in [3.63, 3.8) is 0 Å². The predicted octanol–water partition coefficient (Wildman–Crippen LogP) is 2.84. The van der Waals surface area contributed by atoms with Crippen LogP contribution < -0.4 is 0 Å². The molecule has 3 rings (SSSR count). The molecule has 23 heavy (non-hydrogen) atoms. The molecule has 0 spiro atoms. The molecule has 0 aliphatic heterocycles. The largest absolute Gasteiger partial charge is 0.390 e. The van der Waals surface area contributed by atoms with Gasteiger partial charge in [0.1, 0.15) is 5.82 Å². The lowest BCUT2D eigenvalue weighted by Crippen LogP contribution is -2.32. The van der Waals surface area contributed by atoms with Crippen LogP contribution in [0.25, 0.3) is 11.0 Å². The predicted molar refractivity (Wildman–Crippen MR) is 93.3 cm³/mol. The van der Waals surface area contributed by atoms with E-state index in [4.69, 9.17) is 0 Å². The molecule has 0 fully saturated rings. The highest BCUT2D eigenvalue weighted by Gasteiger charge is 2.13. The molecule has 4 nitrogen and oxygen atoms in total. The second kappa shape index (κ2) is 6.94. The minimum absolute atomic E-state index is 0.431. The van der Waals surface area contributed by atoms with Gasteiger partial charge in [-0.05, 0) is 31.7 Å². The molecule has 2 aromatic carbocycles. The maximum absolute atomic E-state index is 10.5. The fraction of sp³-hybridized carbons (Fsp3) is 0.316. The van der Waals surface area contributed by atoms with Gasteiger partial charge >= 0.3 is 0 Å². The molecule has 0 radical (unpaired) electrons. The first-order valence-electron chi connectivity index (χ1n) is 7.96. The number of imidazole rings is 1. The second-order valence-corrected chi connectivity index (χ2v) is 6.09. The van der Waals surface area contributed by atoms with Crippen molar-refractivity contribution in [3.05, 3.63) is 66.0 Å². The minimum atomic E-state index is -0.431. The summed E-state index contributed by atoms with van der Waals surface area (Å²) in [5, 5.41) is 10.5. The summed E-state index contributed by atoms with van der Waals surface area (Å²) in [6, 6.07) is 18.4. The van der Waals surface area contributed by atoms with Crippen LogP contribution in [0.4, 0.5) is 0 Å². The van der Waals surface area contributed by atoms with Gasteiger partial charge in [0.25, 0.3) is 0 Å². The Bertz CT molecular complexity index is 767. The van der Waals surface area contributed by atoms with Crippen LogP contribution in [0, 0.1) is 6.92 Å². The summed E-state index contributed by atoms with van der Waals surface area (Å²) >= 11 is 0. The zero-order valence-electron chi connectivity index (χ0n) is 13.7. The Morgan fingerprint density at radius 1 is 1.09 bits per heavy atom. The molecule has 1 atom stereocenters. The SMILES string of the molecule is Cc1nc2ccccc2n1C[C@H](O)CN(C)Cc1ccccc1. The van der Waals surface area contributed by atoms with Crippen LogP contribution >= 0.6 is 0 Å². The van der Waals surface area contributed by atoms with Crippen molar-refractivity contribution in [1.82, 2.24) is 14.5 Å². The van der Waals surface area contributed by atoms with Crippen LogP contribution in [0.3, 0.4) is 0 Å². The molecule has 1 aromatic heterocycles. The molecular formula is C19H23N3O. The lowest BCUT2D eigenvalue weighted by molar-refractivity contribution is 0.107. The molecule has 0 bridgehead atoms. The molecule has 4 heteroatoms. The van der Waals surface area contributed by atoms with Crippen LogP contribution in [0.5, 0.6) is 0 Å². The Balaban J connectivity index is 1.64. The topological polar surface area (TPSA) is 41.3 Å². The number of hydrogen-bond donors (Lipinski definition) is 1. The van der Waals surface area contributed by atoms with Crippen molar-refractivity contribution in [3.8, 4) is 0 Å². The number of benzene rings is 2. The highest BCUT2D eigenvalue weighted by molar-refractivity contribution is 5.75. The van der Waals surface area contributed by atoms with E-state index in [2.05, 4.69) is 32.7 Å². The minimum Gasteiger partial charge on any atom is -0.390 e. The molecule has 1 N–H and O–H groups in total. The van der Waals surface area contributed by atoms with Crippen molar-refractivity contribution in [1.29, 1.82) is 0 Å². The van der Waals surface area contributed by atoms with E-state index in [-0.39, 0.29) is 0 Å². The molecule has 3 aromatic rings. The number of aryl methyl sites for hydroxylation is 1. The fourth-order valence-corrected chi connectivity index (χ4v) is 3.01. The molecular weight excluding hydrogens is 286 g/mol. The van der Waals surface area contributed by atoms with Crippen LogP contribution in [0.2, 0.25) is 0 Å². The van der Waals surface area contributed by atoms with E-state index in [0.29, 0.717) is 13.1 Å². The fourth-order valence-electron chi connectivity index (χ4n) is 3.01. The van der Waals surface area contributed by atoms with Crippen LogP contribution in [-0.2, 0) is 13.1 Å². The highest BCUT2D eigenvalue weighted by Crippen LogP contribution is 2.16. The number of aliphatic hydroxyl groups is 1. The zero-order valence-corrected chi connectivity index (χ0v) is 13.7. The van der Waals surface area contributed by atoms with E-state index in [1.165, 1.54) is 5.56 Å². The summed E-state index contributed by atoms with van der Waals surface area (Å²) in [5.41, 5.74) is 3.32. The number of aromatic nitrogens is 2. The summed E-state index contributed by atoms with van der Waals surface area (Å²) in [6.07, 6.45) is -0.431. The third-order valence-corrected chi connectivity index (χ3v) is 4.06. The summed E-state index contributed by atoms with van der Waals surface area (Å²) in [5.74, 6) is 0.941. The van der Waals surface area contributed by atoms with E-state index >= 15 is 0 Å². The van der Waals surface area contributed by atoms with Crippen molar-refractivity contribution in [2.75, 3.05) is 13.6 Å². The monoisotopic (exact) mass is 309 g/mol. The Morgan fingerprint density at radius 3 is 2.57 bits per heavy atom. The Hall–Kier alpha value is -2.17. The van der Waals surface area contributed by atoms with Gasteiger partial charge in [0.05, 0.1) is 23.7 Å². The summed E-state index contributed by atoms with van der Waals surface area (Å²) < 4.78 is 2.09. The summed E-state index contributed by atoms with van der Waals surface area (Å²) in [6.45, 7) is 4.01. The molecule has 0 amide bonds. The number of nitrogens with zero attached hydrogens (tertiary/aromatic N) is 3. The number of hydrogen-bond acceptors (Lipinski definition) is 3. The maximum Gasteiger partial charge on any atom is 0.106 e. The molecule has 120 valence electrons. The van der Waals surface area contributed by atoms with Gasteiger partial charge in [-0.25, -0.2) is 4.98 Å². The van der Waals surface area contributed by atoms with Crippen molar-refractivity contribution in [2.45, 2.75) is 26.1 Å². The van der Waals surface area contributed by atoms with Gasteiger partial charge in [0.2, 0.25) is 0 Å². The summed E-state index contributed by atoms with van der Waals surface area (Å²) in [7, 11) is 2.04. The average molecular weight is 309 g/mol. The van der Waals surface area contributed by atoms with Gasteiger partial charge in [0, 0.05) is 13.1 Å². The first-order chi connectivity index (χ1) is 11.1. The van der Waals surface area contributed by atoms with Crippen LogP contribution in [0.1, 0.15) is 11.4 Å². The first-order valence-corrected chi connectivity index (χ1v) is 7.96. The van der Waals surface area contributed by atoms with Crippen molar-refractivity contribution >= 4 is 11.0 Å². The molecule has 0 saturated carbocycles. The highest BCUT2D eigenvalue weighted by atomic mass is 16.3. The van der Waals surface area contributed by atoms with Gasteiger partial charge in [-0.3, -0.25) is 4.90 Å². The van der Waals surface area contributed by atoms with E-state index in [1.807, 2.05) is 50.4 Å². The Kier molecular flexibility index (Phi) is 4.74. The quantitative estimate of drug-likeness (QED) is 0.761. The number of fused-ring (bicyclic) bond motifs is 1. The van der Waals surface area contributed by atoms with Gasteiger partial charge in [0.15, 0.2) is 0 Å². The normalized spacial score (nSPS) is 12.9. The standard InChI is InChI=1S/C19H23N3O/c1-15-20-18-10-6-7-11-19(18)22(15)14-17(23)13-21(2)12-16-8-4-3-5-9-16/h3-11,17,23H,12-14H2,1-2H3/t17-/m1/s1. The average Bonchev–Trinajstić information content (AvgIpc) is 2.84. The maximum atomic E-state index is 10.5. The smallest absolute Gasteiger partial charge is 0.106 e. The molecule has 0 aliphatic rings. The number of aliphatic hydroxyl groups excluding tert-OH is 1. The van der Waals surface area contributed by atoms with Crippen molar-refractivity contribution < 1.29 is 5.11 Å². The van der Waals surface area contributed by atoms with E-state index in [9.17, 15) is 5.11 Å². The van der Waals surface area contributed by atoms with Crippen LogP contribution in [-0.4, -0.2) is 39.3 Å². The van der Waals surface area contributed by atoms with Crippen molar-refractivity contribution in [2.24, 2.45) is 0 Å². The lowest BCUT2D eigenvalue weighted by atomic mass is 10.2. The Morgan fingerprint density at radius 2 is 1.78 bits per heavy atom. The van der Waals surface area contributed by atoms with E-state index in [1.54, 1.807) is 0 Å². The number of rotatable bonds is 6. The van der Waals surface area contributed by atoms with Gasteiger partial charge in [-0.15, -0.1) is 0 Å². The van der Waals surface area contributed by atoms with E-state index in [0.717, 1.165) is 23.4 Å². The second-order valence-electron chi connectivity index (χ2n) is 6.09.